The second-order valence-electron chi connectivity index (χ2n) is 8.90. The Bertz CT molecular complexity index is 1720. The zero-order valence-corrected chi connectivity index (χ0v) is 19.7. The first-order valence-corrected chi connectivity index (χ1v) is 11.7. The third-order valence-electron chi connectivity index (χ3n) is 6.57. The molecule has 0 N–H and O–H groups in total. The van der Waals surface area contributed by atoms with Gasteiger partial charge in [-0.25, -0.2) is 19.2 Å². The van der Waals surface area contributed by atoms with Crippen molar-refractivity contribution in [1.82, 2.24) is 34.3 Å². The van der Waals surface area contributed by atoms with Gasteiger partial charge in [-0.2, -0.15) is 5.10 Å². The molecule has 0 saturated heterocycles. The Morgan fingerprint density at radius 3 is 2.39 bits per heavy atom. The molecule has 0 aliphatic carbocycles. The Hall–Kier alpha value is -4.85. The Morgan fingerprint density at radius 1 is 0.833 bits per heavy atom. The number of benzene rings is 2. The minimum absolute atomic E-state index is 0.174. The molecule has 1 atom stereocenters. The van der Waals surface area contributed by atoms with Gasteiger partial charge in [0.25, 0.3) is 0 Å². The zero-order valence-electron chi connectivity index (χ0n) is 19.7. The molecule has 7 rings (SSSR count). The standard InChI is InChI=1S/C28H21N7O/c1-17-8-10-19(11-9-17)23-22-18(2)32-35(21-6-4-3-5-7-21)28(22)36-27-24(23)26-31-25(33-34(26)16-30-27)20-12-14-29-15-13-20/h3-16,23H,1-2H3/t23-/m0/s1. The molecule has 4 aromatic heterocycles. The molecule has 2 aromatic carbocycles. The van der Waals surface area contributed by atoms with Crippen molar-refractivity contribution < 1.29 is 4.74 Å². The summed E-state index contributed by atoms with van der Waals surface area (Å²) in [4.78, 5) is 13.7. The van der Waals surface area contributed by atoms with Crippen LogP contribution in [0.15, 0.2) is 85.5 Å². The van der Waals surface area contributed by atoms with Crippen molar-refractivity contribution in [3.05, 3.63) is 113 Å². The van der Waals surface area contributed by atoms with E-state index >= 15 is 0 Å². The second-order valence-corrected chi connectivity index (χ2v) is 8.90. The molecule has 0 bridgehead atoms. The van der Waals surface area contributed by atoms with Crippen LogP contribution in [0.5, 0.6) is 11.8 Å². The van der Waals surface area contributed by atoms with Gasteiger partial charge in [0.15, 0.2) is 11.5 Å². The van der Waals surface area contributed by atoms with Crippen LogP contribution >= 0.6 is 0 Å². The van der Waals surface area contributed by atoms with Gasteiger partial charge in [0.2, 0.25) is 11.8 Å². The summed E-state index contributed by atoms with van der Waals surface area (Å²) >= 11 is 0. The number of hydrogen-bond donors (Lipinski definition) is 0. The summed E-state index contributed by atoms with van der Waals surface area (Å²) in [5.74, 6) is 1.61. The summed E-state index contributed by atoms with van der Waals surface area (Å²) in [5.41, 5.74) is 7.59. The van der Waals surface area contributed by atoms with E-state index in [0.717, 1.165) is 33.6 Å². The SMILES string of the molecule is Cc1ccc([C@H]2c3c(C)nn(-c4ccccc4)c3Oc3ncn4nc(-c5ccncc5)nc4c32)cc1. The minimum Gasteiger partial charge on any atom is -0.420 e. The van der Waals surface area contributed by atoms with Crippen molar-refractivity contribution >= 4 is 5.65 Å². The maximum absolute atomic E-state index is 6.48. The quantitative estimate of drug-likeness (QED) is 0.349. The number of nitrogens with zero attached hydrogens (tertiary/aromatic N) is 7. The van der Waals surface area contributed by atoms with Gasteiger partial charge in [-0.05, 0) is 43.7 Å². The Morgan fingerprint density at radius 2 is 1.61 bits per heavy atom. The molecule has 174 valence electrons. The van der Waals surface area contributed by atoms with Crippen molar-refractivity contribution in [2.45, 2.75) is 19.8 Å². The highest BCUT2D eigenvalue weighted by atomic mass is 16.5. The summed E-state index contributed by atoms with van der Waals surface area (Å²) in [5, 5.41) is 9.59. The average molecular weight is 472 g/mol. The molecule has 0 unspecified atom stereocenters. The fraction of sp³-hybridized carbons (Fsp3) is 0.107. The molecule has 6 aromatic rings. The summed E-state index contributed by atoms with van der Waals surface area (Å²) < 4.78 is 10.1. The summed E-state index contributed by atoms with van der Waals surface area (Å²) in [6, 6.07) is 22.4. The number of aryl methyl sites for hydroxylation is 2. The Kier molecular flexibility index (Phi) is 4.47. The summed E-state index contributed by atoms with van der Waals surface area (Å²) in [7, 11) is 0. The van der Waals surface area contributed by atoms with E-state index in [4.69, 9.17) is 19.9 Å². The molecule has 1 aliphatic rings. The van der Waals surface area contributed by atoms with Gasteiger partial charge in [-0.1, -0.05) is 48.0 Å². The van der Waals surface area contributed by atoms with E-state index in [1.165, 1.54) is 5.56 Å². The zero-order chi connectivity index (χ0) is 24.2. The summed E-state index contributed by atoms with van der Waals surface area (Å²) in [6.07, 6.45) is 5.13. The summed E-state index contributed by atoms with van der Waals surface area (Å²) in [6.45, 7) is 4.11. The van der Waals surface area contributed by atoms with Crippen LogP contribution in [0.1, 0.15) is 33.9 Å². The molecule has 8 heteroatoms. The van der Waals surface area contributed by atoms with E-state index in [9.17, 15) is 0 Å². The van der Waals surface area contributed by atoms with Crippen molar-refractivity contribution in [2.75, 3.05) is 0 Å². The number of aromatic nitrogens is 7. The van der Waals surface area contributed by atoms with E-state index in [2.05, 4.69) is 41.2 Å². The lowest BCUT2D eigenvalue weighted by atomic mass is 9.84. The maximum Gasteiger partial charge on any atom is 0.230 e. The predicted molar refractivity (Wildman–Crippen MR) is 135 cm³/mol. The lowest BCUT2D eigenvalue weighted by Gasteiger charge is -2.26. The fourth-order valence-corrected chi connectivity index (χ4v) is 4.84. The smallest absolute Gasteiger partial charge is 0.230 e. The molecule has 0 amide bonds. The van der Waals surface area contributed by atoms with Crippen molar-refractivity contribution in [3.63, 3.8) is 0 Å². The van der Waals surface area contributed by atoms with E-state index < -0.39 is 0 Å². The van der Waals surface area contributed by atoms with Crippen LogP contribution in [0.25, 0.3) is 22.7 Å². The number of para-hydroxylation sites is 1. The minimum atomic E-state index is -0.174. The highest BCUT2D eigenvalue weighted by Gasteiger charge is 2.38. The van der Waals surface area contributed by atoms with Gasteiger partial charge in [0.05, 0.1) is 28.4 Å². The number of ether oxygens (including phenoxy) is 1. The predicted octanol–water partition coefficient (Wildman–Crippen LogP) is 5.27. The Balaban J connectivity index is 1.50. The first-order valence-electron chi connectivity index (χ1n) is 11.7. The van der Waals surface area contributed by atoms with Crippen molar-refractivity contribution in [2.24, 2.45) is 0 Å². The van der Waals surface area contributed by atoms with Crippen molar-refractivity contribution in [3.8, 4) is 28.8 Å². The van der Waals surface area contributed by atoms with Gasteiger partial charge in [0, 0.05) is 18.0 Å². The third kappa shape index (κ3) is 3.11. The van der Waals surface area contributed by atoms with Crippen LogP contribution < -0.4 is 4.74 Å². The first kappa shape index (κ1) is 20.5. The molecule has 0 spiro atoms. The average Bonchev–Trinajstić information content (AvgIpc) is 3.50. The van der Waals surface area contributed by atoms with Gasteiger partial charge < -0.3 is 4.74 Å². The van der Waals surface area contributed by atoms with Gasteiger partial charge in [-0.15, -0.1) is 5.10 Å². The number of hydrogen-bond acceptors (Lipinski definition) is 6. The molecular weight excluding hydrogens is 450 g/mol. The lowest BCUT2D eigenvalue weighted by Crippen LogP contribution is -2.16. The number of pyridine rings is 1. The van der Waals surface area contributed by atoms with Crippen molar-refractivity contribution in [1.29, 1.82) is 0 Å². The molecule has 5 heterocycles. The third-order valence-corrected chi connectivity index (χ3v) is 6.57. The fourth-order valence-electron chi connectivity index (χ4n) is 4.84. The second kappa shape index (κ2) is 7.84. The molecule has 8 nitrogen and oxygen atoms in total. The molecule has 1 aliphatic heterocycles. The van der Waals surface area contributed by atoms with E-state index in [1.807, 2.05) is 54.1 Å². The van der Waals surface area contributed by atoms with Gasteiger partial charge >= 0.3 is 0 Å². The molecular formula is C28H21N7O. The highest BCUT2D eigenvalue weighted by molar-refractivity contribution is 5.68. The molecule has 0 radical (unpaired) electrons. The monoisotopic (exact) mass is 471 g/mol. The highest BCUT2D eigenvalue weighted by Crippen LogP contribution is 2.49. The topological polar surface area (TPSA) is 83.0 Å². The largest absolute Gasteiger partial charge is 0.420 e. The van der Waals surface area contributed by atoms with E-state index in [1.54, 1.807) is 23.2 Å². The van der Waals surface area contributed by atoms with E-state index in [0.29, 0.717) is 23.2 Å². The van der Waals surface area contributed by atoms with Gasteiger partial charge in [0.1, 0.15) is 6.33 Å². The molecule has 36 heavy (non-hydrogen) atoms. The molecule has 0 fully saturated rings. The molecule has 0 saturated carbocycles. The normalized spacial score (nSPS) is 14.3. The van der Waals surface area contributed by atoms with Crippen LogP contribution in [-0.4, -0.2) is 34.3 Å². The Labute approximate surface area is 206 Å². The number of fused-ring (bicyclic) bond motifs is 4. The van der Waals surface area contributed by atoms with Crippen LogP contribution in [0.4, 0.5) is 0 Å². The lowest BCUT2D eigenvalue weighted by molar-refractivity contribution is 0.402. The van der Waals surface area contributed by atoms with Gasteiger partial charge in [-0.3, -0.25) is 4.98 Å². The van der Waals surface area contributed by atoms with Crippen LogP contribution in [0.3, 0.4) is 0 Å². The first-order chi connectivity index (χ1) is 17.7. The maximum atomic E-state index is 6.48. The van der Waals surface area contributed by atoms with Crippen LogP contribution in [-0.2, 0) is 0 Å². The van der Waals surface area contributed by atoms with Crippen LogP contribution in [0.2, 0.25) is 0 Å². The van der Waals surface area contributed by atoms with Crippen LogP contribution in [0, 0.1) is 13.8 Å². The van der Waals surface area contributed by atoms with E-state index in [-0.39, 0.29) is 5.92 Å². The number of rotatable bonds is 3.